The van der Waals surface area contributed by atoms with Gasteiger partial charge in [0, 0.05) is 38.6 Å². The zero-order valence-electron chi connectivity index (χ0n) is 22.3. The van der Waals surface area contributed by atoms with E-state index in [2.05, 4.69) is 66.1 Å². The van der Waals surface area contributed by atoms with Gasteiger partial charge in [0.15, 0.2) is 5.79 Å². The maximum absolute atomic E-state index is 9.81. The van der Waals surface area contributed by atoms with Crippen LogP contribution in [0.2, 0.25) is 0 Å². The Bertz CT molecular complexity index is 887. The van der Waals surface area contributed by atoms with Gasteiger partial charge in [-0.3, -0.25) is 0 Å². The van der Waals surface area contributed by atoms with Gasteiger partial charge in [-0.15, -0.1) is 0 Å². The number of likely N-dealkylation sites (tertiary alicyclic amines) is 2. The summed E-state index contributed by atoms with van der Waals surface area (Å²) in [5.74, 6) is -0.695. The Morgan fingerprint density at radius 1 is 0.889 bits per heavy atom. The molecule has 4 rings (SSSR count). The van der Waals surface area contributed by atoms with Crippen molar-refractivity contribution in [1.29, 1.82) is 0 Å². The van der Waals surface area contributed by atoms with Gasteiger partial charge >= 0.3 is 0 Å². The van der Waals surface area contributed by atoms with Crippen LogP contribution >= 0.6 is 0 Å². The third-order valence-corrected chi connectivity index (χ3v) is 8.02. The molecule has 6 nitrogen and oxygen atoms in total. The minimum atomic E-state index is -0.768. The van der Waals surface area contributed by atoms with Gasteiger partial charge in [-0.2, -0.15) is 0 Å². The molecular weight excluding hydrogens is 452 g/mol. The van der Waals surface area contributed by atoms with E-state index >= 15 is 0 Å². The van der Waals surface area contributed by atoms with Crippen LogP contribution in [0.25, 0.3) is 5.57 Å². The average Bonchev–Trinajstić information content (AvgIpc) is 3.48. The molecule has 2 N–H and O–H groups in total. The van der Waals surface area contributed by atoms with E-state index in [1.807, 2.05) is 0 Å². The van der Waals surface area contributed by atoms with E-state index in [0.29, 0.717) is 13.2 Å². The molecule has 200 valence electrons. The molecule has 6 heteroatoms. The monoisotopic (exact) mass is 498 g/mol. The molecular formula is C30H46N2O4. The zero-order chi connectivity index (χ0) is 25.4. The van der Waals surface area contributed by atoms with E-state index in [1.165, 1.54) is 16.7 Å². The molecule has 1 aliphatic carbocycles. The maximum atomic E-state index is 9.81. The highest BCUT2D eigenvalue weighted by molar-refractivity contribution is 5.73. The largest absolute Gasteiger partial charge is 0.392 e. The number of hydrogen-bond acceptors (Lipinski definition) is 6. The Balaban J connectivity index is 1.32. The van der Waals surface area contributed by atoms with Crippen molar-refractivity contribution in [2.45, 2.75) is 70.4 Å². The molecule has 2 fully saturated rings. The summed E-state index contributed by atoms with van der Waals surface area (Å²) in [7, 11) is 0. The van der Waals surface area contributed by atoms with E-state index in [0.717, 1.165) is 77.8 Å². The molecule has 1 aromatic carbocycles. The number of aliphatic hydroxyl groups is 2. The van der Waals surface area contributed by atoms with Gasteiger partial charge in [0.25, 0.3) is 0 Å². The molecule has 0 amide bonds. The maximum Gasteiger partial charge on any atom is 0.194 e. The topological polar surface area (TPSA) is 65.4 Å². The molecule has 2 aliphatic heterocycles. The molecule has 3 aliphatic rings. The molecule has 2 heterocycles. The second-order valence-electron chi connectivity index (χ2n) is 10.8. The number of β-amino-alcohol motifs (C(OH)–C–C–N with tert-alkyl or cyclic N) is 2. The van der Waals surface area contributed by atoms with Crippen LogP contribution in [0.4, 0.5) is 0 Å². The normalized spacial score (nSPS) is 29.2. The lowest BCUT2D eigenvalue weighted by Crippen LogP contribution is -2.43. The highest BCUT2D eigenvalue weighted by Crippen LogP contribution is 2.40. The molecule has 4 atom stereocenters. The van der Waals surface area contributed by atoms with E-state index in [-0.39, 0.29) is 18.1 Å². The molecule has 0 saturated carbocycles. The lowest BCUT2D eigenvalue weighted by atomic mass is 9.82. The quantitative estimate of drug-likeness (QED) is 0.317. The Hall–Kier alpha value is -1.54. The van der Waals surface area contributed by atoms with E-state index in [9.17, 15) is 10.2 Å². The van der Waals surface area contributed by atoms with Crippen LogP contribution in [0.1, 0.15) is 56.6 Å². The van der Waals surface area contributed by atoms with Crippen molar-refractivity contribution in [2.75, 3.05) is 52.5 Å². The number of aryl methyl sites for hydroxylation is 1. The molecule has 0 aromatic heterocycles. The number of nitrogens with zero attached hydrogens (tertiary/aromatic N) is 2. The fraction of sp³-hybridized carbons (Fsp3) is 0.667. The minimum Gasteiger partial charge on any atom is -0.392 e. The first-order valence-electron chi connectivity index (χ1n) is 14.0. The average molecular weight is 499 g/mol. The number of unbranched alkanes of at least 4 members (excludes halogenated alkanes) is 2. The van der Waals surface area contributed by atoms with Crippen molar-refractivity contribution < 1.29 is 19.7 Å². The summed E-state index contributed by atoms with van der Waals surface area (Å²) >= 11 is 0. The molecule has 0 radical (unpaired) electrons. The third kappa shape index (κ3) is 7.27. The Morgan fingerprint density at radius 2 is 1.53 bits per heavy atom. The van der Waals surface area contributed by atoms with Crippen LogP contribution in [0, 0.1) is 12.8 Å². The molecule has 2 saturated heterocycles. The Labute approximate surface area is 217 Å². The van der Waals surface area contributed by atoms with Crippen molar-refractivity contribution in [1.82, 2.24) is 9.80 Å². The summed E-state index contributed by atoms with van der Waals surface area (Å²) in [4.78, 5) is 4.68. The van der Waals surface area contributed by atoms with Gasteiger partial charge < -0.3 is 29.5 Å². The highest BCUT2D eigenvalue weighted by atomic mass is 16.7. The Morgan fingerprint density at radius 3 is 2.17 bits per heavy atom. The van der Waals surface area contributed by atoms with E-state index < -0.39 is 5.79 Å². The molecule has 0 bridgehead atoms. The van der Waals surface area contributed by atoms with Crippen LogP contribution in [0.5, 0.6) is 0 Å². The summed E-state index contributed by atoms with van der Waals surface area (Å²) in [6, 6.07) is 8.53. The van der Waals surface area contributed by atoms with Crippen LogP contribution < -0.4 is 0 Å². The summed E-state index contributed by atoms with van der Waals surface area (Å²) < 4.78 is 13.2. The SMILES string of the molecule is Cc1ccccc1C1=CC=CC(OCCCCCN2CC[C@@H](O)C2)(OCCCN2CC[C@@H](O)C2)C1C. The smallest absolute Gasteiger partial charge is 0.194 e. The minimum absolute atomic E-state index is 0.0725. The molecule has 36 heavy (non-hydrogen) atoms. The predicted molar refractivity (Wildman–Crippen MR) is 145 cm³/mol. The summed E-state index contributed by atoms with van der Waals surface area (Å²) in [5, 5.41) is 19.5. The van der Waals surface area contributed by atoms with Crippen molar-refractivity contribution in [3.05, 3.63) is 53.6 Å². The second kappa shape index (κ2) is 13.3. The zero-order valence-corrected chi connectivity index (χ0v) is 22.3. The fourth-order valence-corrected chi connectivity index (χ4v) is 5.80. The molecule has 0 spiro atoms. The molecule has 1 aromatic rings. The number of benzene rings is 1. The number of allylic oxidation sites excluding steroid dienone is 2. The van der Waals surface area contributed by atoms with Crippen LogP contribution in [-0.4, -0.2) is 90.5 Å². The van der Waals surface area contributed by atoms with Crippen molar-refractivity contribution in [2.24, 2.45) is 5.92 Å². The second-order valence-corrected chi connectivity index (χ2v) is 10.8. The van der Waals surface area contributed by atoms with Crippen molar-refractivity contribution in [3.63, 3.8) is 0 Å². The van der Waals surface area contributed by atoms with Crippen LogP contribution in [0.3, 0.4) is 0 Å². The van der Waals surface area contributed by atoms with Gasteiger partial charge in [-0.1, -0.05) is 43.3 Å². The van der Waals surface area contributed by atoms with Crippen molar-refractivity contribution >= 4 is 5.57 Å². The van der Waals surface area contributed by atoms with Gasteiger partial charge in [0.2, 0.25) is 0 Å². The van der Waals surface area contributed by atoms with Gasteiger partial charge in [0.1, 0.15) is 0 Å². The van der Waals surface area contributed by atoms with Crippen LogP contribution in [-0.2, 0) is 9.47 Å². The lowest BCUT2D eigenvalue weighted by molar-refractivity contribution is -0.223. The van der Waals surface area contributed by atoms with Gasteiger partial charge in [-0.05, 0) is 74.8 Å². The Kier molecular flexibility index (Phi) is 10.2. The first kappa shape index (κ1) is 27.5. The number of hydrogen-bond donors (Lipinski definition) is 2. The summed E-state index contributed by atoms with van der Waals surface area (Å²) in [6.07, 6.45) is 12.0. The first-order valence-corrected chi connectivity index (χ1v) is 14.0. The third-order valence-electron chi connectivity index (χ3n) is 8.02. The summed E-state index contributed by atoms with van der Waals surface area (Å²) in [6.45, 7) is 11.2. The van der Waals surface area contributed by atoms with Crippen molar-refractivity contribution in [3.8, 4) is 0 Å². The van der Waals surface area contributed by atoms with Crippen LogP contribution in [0.15, 0.2) is 42.5 Å². The number of aliphatic hydroxyl groups excluding tert-OH is 2. The van der Waals surface area contributed by atoms with E-state index in [1.54, 1.807) is 0 Å². The van der Waals surface area contributed by atoms with Gasteiger partial charge in [0.05, 0.1) is 25.4 Å². The molecule has 2 unspecified atom stereocenters. The highest BCUT2D eigenvalue weighted by Gasteiger charge is 2.40. The standard InChI is InChI=1S/C30H46N2O4/c1-24-10-4-5-11-28(24)29-12-8-15-30(25(29)2,36-21-9-17-32-19-14-27(34)23-32)35-20-7-3-6-16-31-18-13-26(33)22-31/h4-5,8,10-12,15,25-27,33-34H,3,6-7,9,13-14,16-23H2,1-2H3/t25?,26-,27-,30?/m1/s1. The summed E-state index contributed by atoms with van der Waals surface area (Å²) in [5.41, 5.74) is 3.77. The van der Waals surface area contributed by atoms with E-state index in [4.69, 9.17) is 9.47 Å². The lowest BCUT2D eigenvalue weighted by Gasteiger charge is -2.40. The number of ether oxygens (including phenoxy) is 2. The fourth-order valence-electron chi connectivity index (χ4n) is 5.80. The predicted octanol–water partition coefficient (Wildman–Crippen LogP) is 4.01. The number of rotatable bonds is 13. The van der Waals surface area contributed by atoms with Gasteiger partial charge in [-0.25, -0.2) is 0 Å². The first-order chi connectivity index (χ1) is 17.5.